The SMILES string of the molecule is C[C@@H]1Cc2c(ccc3[nH]ncc23)[C@@H](c2ncc(Br)cc2F)N1CC1(F)CC1. The molecule has 1 aromatic carbocycles. The molecule has 0 spiro atoms. The second-order valence-corrected chi connectivity index (χ2v) is 8.68. The molecule has 1 N–H and O–H groups in total. The summed E-state index contributed by atoms with van der Waals surface area (Å²) in [5.74, 6) is -0.379. The predicted molar refractivity (Wildman–Crippen MR) is 103 cm³/mol. The fourth-order valence-electron chi connectivity index (χ4n) is 4.22. The van der Waals surface area contributed by atoms with E-state index in [4.69, 9.17) is 0 Å². The van der Waals surface area contributed by atoms with Gasteiger partial charge in [0, 0.05) is 28.6 Å². The fraction of sp³-hybridized carbons (Fsp3) is 0.400. The number of nitrogens with one attached hydrogen (secondary N) is 1. The summed E-state index contributed by atoms with van der Waals surface area (Å²) in [5.41, 5.74) is 2.28. The van der Waals surface area contributed by atoms with Crippen LogP contribution >= 0.6 is 15.9 Å². The van der Waals surface area contributed by atoms with Crippen molar-refractivity contribution in [2.75, 3.05) is 6.54 Å². The highest BCUT2D eigenvalue weighted by atomic mass is 79.9. The minimum absolute atomic E-state index is 0.0704. The number of hydrogen-bond donors (Lipinski definition) is 1. The van der Waals surface area contributed by atoms with E-state index in [1.54, 1.807) is 6.20 Å². The Morgan fingerprint density at radius 2 is 2.15 bits per heavy atom. The lowest BCUT2D eigenvalue weighted by atomic mass is 9.84. The van der Waals surface area contributed by atoms with Crippen molar-refractivity contribution in [1.82, 2.24) is 20.1 Å². The van der Waals surface area contributed by atoms with Crippen LogP contribution in [0.25, 0.3) is 10.9 Å². The lowest BCUT2D eigenvalue weighted by Crippen LogP contribution is -2.46. The van der Waals surface area contributed by atoms with Crippen LogP contribution in [0, 0.1) is 5.82 Å². The average molecular weight is 433 g/mol. The number of rotatable bonds is 3. The molecule has 4 nitrogen and oxygen atoms in total. The van der Waals surface area contributed by atoms with Crippen molar-refractivity contribution in [3.8, 4) is 0 Å². The van der Waals surface area contributed by atoms with Gasteiger partial charge in [0.1, 0.15) is 11.5 Å². The number of halogens is 3. The molecule has 2 aliphatic rings. The van der Waals surface area contributed by atoms with Crippen molar-refractivity contribution in [2.45, 2.75) is 43.9 Å². The molecule has 2 aromatic heterocycles. The fourth-order valence-corrected chi connectivity index (χ4v) is 4.52. The zero-order chi connectivity index (χ0) is 18.8. The van der Waals surface area contributed by atoms with Gasteiger partial charge in [-0.15, -0.1) is 0 Å². The average Bonchev–Trinajstić information content (AvgIpc) is 3.16. The van der Waals surface area contributed by atoms with E-state index in [-0.39, 0.29) is 11.9 Å². The van der Waals surface area contributed by atoms with E-state index < -0.39 is 11.7 Å². The van der Waals surface area contributed by atoms with Crippen molar-refractivity contribution in [3.05, 3.63) is 57.7 Å². The Morgan fingerprint density at radius 1 is 1.33 bits per heavy atom. The van der Waals surface area contributed by atoms with E-state index >= 15 is 0 Å². The Kier molecular flexibility index (Phi) is 3.88. The maximum absolute atomic E-state index is 14.9. The molecule has 2 atom stereocenters. The molecule has 3 heterocycles. The Morgan fingerprint density at radius 3 is 2.89 bits per heavy atom. The predicted octanol–water partition coefficient (Wildman–Crippen LogP) is 4.70. The molecule has 140 valence electrons. The lowest BCUT2D eigenvalue weighted by Gasteiger charge is -2.42. The highest BCUT2D eigenvalue weighted by molar-refractivity contribution is 9.10. The van der Waals surface area contributed by atoms with Crippen LogP contribution in [0.4, 0.5) is 8.78 Å². The number of hydrogen-bond acceptors (Lipinski definition) is 3. The first-order valence-electron chi connectivity index (χ1n) is 9.16. The number of aromatic nitrogens is 3. The van der Waals surface area contributed by atoms with Gasteiger partial charge in [-0.1, -0.05) is 6.07 Å². The van der Waals surface area contributed by atoms with Gasteiger partial charge in [0.15, 0.2) is 0 Å². The van der Waals surface area contributed by atoms with Crippen molar-refractivity contribution in [1.29, 1.82) is 0 Å². The highest BCUT2D eigenvalue weighted by Gasteiger charge is 2.48. The highest BCUT2D eigenvalue weighted by Crippen LogP contribution is 2.46. The molecule has 0 radical (unpaired) electrons. The smallest absolute Gasteiger partial charge is 0.147 e. The van der Waals surface area contributed by atoms with Crippen molar-refractivity contribution in [2.24, 2.45) is 0 Å². The summed E-state index contributed by atoms with van der Waals surface area (Å²) < 4.78 is 30.2. The third-order valence-corrected chi connectivity index (χ3v) is 6.25. The molecule has 1 saturated carbocycles. The van der Waals surface area contributed by atoms with Crippen LogP contribution in [0.3, 0.4) is 0 Å². The molecule has 27 heavy (non-hydrogen) atoms. The van der Waals surface area contributed by atoms with Gasteiger partial charge in [0.2, 0.25) is 0 Å². The Hall–Kier alpha value is -1.86. The first-order chi connectivity index (χ1) is 13.0. The Labute approximate surface area is 164 Å². The summed E-state index contributed by atoms with van der Waals surface area (Å²) in [7, 11) is 0. The molecule has 1 aliphatic heterocycles. The van der Waals surface area contributed by atoms with E-state index in [2.05, 4.69) is 42.9 Å². The van der Waals surface area contributed by atoms with Crippen LogP contribution < -0.4 is 0 Å². The minimum atomic E-state index is -1.16. The van der Waals surface area contributed by atoms with Gasteiger partial charge in [-0.3, -0.25) is 15.0 Å². The minimum Gasteiger partial charge on any atom is -0.285 e. The first kappa shape index (κ1) is 17.3. The van der Waals surface area contributed by atoms with Crippen molar-refractivity contribution >= 4 is 26.8 Å². The van der Waals surface area contributed by atoms with Gasteiger partial charge >= 0.3 is 0 Å². The first-order valence-corrected chi connectivity index (χ1v) is 9.95. The number of aromatic amines is 1. The number of H-pyrrole nitrogens is 1. The van der Waals surface area contributed by atoms with Gasteiger partial charge in [-0.2, -0.15) is 5.10 Å². The van der Waals surface area contributed by atoms with Gasteiger partial charge in [0.25, 0.3) is 0 Å². The molecule has 5 rings (SSSR count). The summed E-state index contributed by atoms with van der Waals surface area (Å²) in [6.07, 6.45) is 5.35. The second-order valence-electron chi connectivity index (χ2n) is 7.76. The van der Waals surface area contributed by atoms with E-state index in [1.165, 1.54) is 6.07 Å². The molecule has 0 unspecified atom stereocenters. The molecule has 1 fully saturated rings. The monoisotopic (exact) mass is 432 g/mol. The number of benzene rings is 1. The largest absolute Gasteiger partial charge is 0.285 e. The summed E-state index contributed by atoms with van der Waals surface area (Å²) in [4.78, 5) is 6.48. The number of fused-ring (bicyclic) bond motifs is 3. The molecule has 3 aromatic rings. The third kappa shape index (κ3) is 2.88. The van der Waals surface area contributed by atoms with E-state index in [0.717, 1.165) is 28.5 Å². The summed E-state index contributed by atoms with van der Waals surface area (Å²) in [6.45, 7) is 2.39. The van der Waals surface area contributed by atoms with Crippen LogP contribution in [0.1, 0.15) is 42.6 Å². The summed E-state index contributed by atoms with van der Waals surface area (Å²) in [5, 5.41) is 8.20. The summed E-state index contributed by atoms with van der Waals surface area (Å²) in [6, 6.07) is 5.05. The lowest BCUT2D eigenvalue weighted by molar-refractivity contribution is 0.0950. The van der Waals surface area contributed by atoms with E-state index in [9.17, 15) is 8.78 Å². The molecule has 7 heteroatoms. The zero-order valence-corrected chi connectivity index (χ0v) is 16.4. The second kappa shape index (κ2) is 6.07. The van der Waals surface area contributed by atoms with Crippen molar-refractivity contribution < 1.29 is 8.78 Å². The molecule has 1 aliphatic carbocycles. The van der Waals surface area contributed by atoms with Crippen molar-refractivity contribution in [3.63, 3.8) is 0 Å². The maximum Gasteiger partial charge on any atom is 0.147 e. The topological polar surface area (TPSA) is 44.8 Å². The van der Waals surface area contributed by atoms with Gasteiger partial charge in [0.05, 0.1) is 23.4 Å². The quantitative estimate of drug-likeness (QED) is 0.652. The normalized spacial score (nSPS) is 24.1. The number of pyridine rings is 1. The van der Waals surface area contributed by atoms with E-state index in [1.807, 2.05) is 18.3 Å². The van der Waals surface area contributed by atoms with E-state index in [0.29, 0.717) is 29.6 Å². The standard InChI is InChI=1S/C20H19BrF2N4/c1-11-6-14-13(2-3-17-15(14)9-25-26-17)19(27(11)10-20(23)4-5-20)18-16(22)7-12(21)8-24-18/h2-3,7-9,11,19H,4-6,10H2,1H3,(H,25,26)/t11-,19+/m1/s1. The summed E-state index contributed by atoms with van der Waals surface area (Å²) >= 11 is 3.28. The molecule has 0 bridgehead atoms. The van der Waals surface area contributed by atoms with Crippen LogP contribution in [0.15, 0.2) is 35.1 Å². The van der Waals surface area contributed by atoms with Crippen LogP contribution in [0.5, 0.6) is 0 Å². The van der Waals surface area contributed by atoms with Crippen LogP contribution in [0.2, 0.25) is 0 Å². The third-order valence-electron chi connectivity index (χ3n) is 5.82. The molecule has 0 saturated heterocycles. The molecule has 0 amide bonds. The number of alkyl halides is 1. The Balaban J connectivity index is 1.70. The molecular weight excluding hydrogens is 414 g/mol. The van der Waals surface area contributed by atoms with Gasteiger partial charge in [-0.25, -0.2) is 8.78 Å². The molecular formula is C20H19BrF2N4. The Bertz CT molecular complexity index is 1030. The maximum atomic E-state index is 14.9. The zero-order valence-electron chi connectivity index (χ0n) is 14.8. The van der Waals surface area contributed by atoms with Gasteiger partial charge < -0.3 is 0 Å². The van der Waals surface area contributed by atoms with Crippen LogP contribution in [-0.4, -0.2) is 38.3 Å². The van der Waals surface area contributed by atoms with Gasteiger partial charge in [-0.05, 0) is 65.4 Å². The van der Waals surface area contributed by atoms with Crippen LogP contribution in [-0.2, 0) is 6.42 Å². The number of nitrogens with zero attached hydrogens (tertiary/aromatic N) is 3.